The number of piperazine rings is 1. The first kappa shape index (κ1) is 19.0. The van der Waals surface area contributed by atoms with Crippen LogP contribution in [0.5, 0.6) is 5.75 Å². The third kappa shape index (κ3) is 4.34. The van der Waals surface area contributed by atoms with E-state index in [4.69, 9.17) is 16.3 Å². The number of para-hydroxylation sites is 1. The quantitative estimate of drug-likeness (QED) is 0.874. The van der Waals surface area contributed by atoms with Gasteiger partial charge in [-0.2, -0.15) is 0 Å². The van der Waals surface area contributed by atoms with Gasteiger partial charge in [-0.1, -0.05) is 29.8 Å². The Kier molecular flexibility index (Phi) is 5.86. The number of carbonyl (C=O) groups excluding carboxylic acids is 2. The molecule has 0 aliphatic carbocycles. The number of nitrogens with zero attached hydrogens (tertiary/aromatic N) is 2. The molecule has 142 valence electrons. The zero-order valence-corrected chi connectivity index (χ0v) is 16.1. The lowest BCUT2D eigenvalue weighted by molar-refractivity contribution is 0.0671. The van der Waals surface area contributed by atoms with Gasteiger partial charge in [-0.3, -0.25) is 4.79 Å². The number of nitrogens with one attached hydrogen (secondary N) is 1. The Bertz CT molecular complexity index is 848. The Balaban J connectivity index is 1.59. The van der Waals surface area contributed by atoms with Gasteiger partial charge in [0, 0.05) is 31.7 Å². The van der Waals surface area contributed by atoms with E-state index in [0.717, 1.165) is 5.56 Å². The van der Waals surface area contributed by atoms with Crippen molar-refractivity contribution in [3.63, 3.8) is 0 Å². The molecule has 0 unspecified atom stereocenters. The van der Waals surface area contributed by atoms with Crippen molar-refractivity contribution in [1.29, 1.82) is 0 Å². The monoisotopic (exact) mass is 387 g/mol. The maximum Gasteiger partial charge on any atom is 0.322 e. The largest absolute Gasteiger partial charge is 0.496 e. The lowest BCUT2D eigenvalue weighted by Gasteiger charge is -2.34. The fraction of sp³-hybridized carbons (Fsp3) is 0.300. The lowest BCUT2D eigenvalue weighted by atomic mass is 10.1. The van der Waals surface area contributed by atoms with Gasteiger partial charge < -0.3 is 19.9 Å². The second kappa shape index (κ2) is 8.31. The molecule has 1 N–H and O–H groups in total. The smallest absolute Gasteiger partial charge is 0.322 e. The predicted octanol–water partition coefficient (Wildman–Crippen LogP) is 3.65. The summed E-state index contributed by atoms with van der Waals surface area (Å²) in [5.41, 5.74) is 2.15. The van der Waals surface area contributed by atoms with Crippen LogP contribution in [0.3, 0.4) is 0 Å². The summed E-state index contributed by atoms with van der Waals surface area (Å²) in [5.74, 6) is 0.637. The van der Waals surface area contributed by atoms with Crippen molar-refractivity contribution in [3.8, 4) is 5.75 Å². The van der Waals surface area contributed by atoms with Gasteiger partial charge in [0.1, 0.15) is 5.75 Å². The Morgan fingerprint density at radius 1 is 1.04 bits per heavy atom. The summed E-state index contributed by atoms with van der Waals surface area (Å²) in [6.07, 6.45) is 0. The summed E-state index contributed by atoms with van der Waals surface area (Å²) in [6, 6.07) is 12.3. The number of urea groups is 1. The number of benzene rings is 2. The van der Waals surface area contributed by atoms with E-state index >= 15 is 0 Å². The molecule has 0 spiro atoms. The number of hydrogen-bond donors (Lipinski definition) is 1. The van der Waals surface area contributed by atoms with E-state index in [1.807, 2.05) is 25.1 Å². The molecule has 1 aliphatic rings. The van der Waals surface area contributed by atoms with Crippen molar-refractivity contribution in [3.05, 3.63) is 58.6 Å². The molecule has 0 aromatic heterocycles. The lowest BCUT2D eigenvalue weighted by Crippen LogP contribution is -2.51. The van der Waals surface area contributed by atoms with Gasteiger partial charge in [0.25, 0.3) is 5.91 Å². The Hall–Kier alpha value is -2.73. The van der Waals surface area contributed by atoms with Crippen LogP contribution in [0.2, 0.25) is 5.02 Å². The summed E-state index contributed by atoms with van der Waals surface area (Å²) < 4.78 is 5.30. The van der Waals surface area contributed by atoms with Crippen LogP contribution in [0, 0.1) is 6.92 Å². The zero-order chi connectivity index (χ0) is 19.4. The molecule has 1 fully saturated rings. The molecule has 3 rings (SSSR count). The number of amides is 3. The number of carbonyl (C=O) groups is 2. The van der Waals surface area contributed by atoms with E-state index in [2.05, 4.69) is 5.32 Å². The van der Waals surface area contributed by atoms with Crippen molar-refractivity contribution < 1.29 is 14.3 Å². The highest BCUT2D eigenvalue weighted by Gasteiger charge is 2.25. The molecule has 6 nitrogen and oxygen atoms in total. The summed E-state index contributed by atoms with van der Waals surface area (Å²) in [7, 11) is 1.59. The fourth-order valence-electron chi connectivity index (χ4n) is 3.01. The first-order chi connectivity index (χ1) is 13.0. The van der Waals surface area contributed by atoms with Gasteiger partial charge in [-0.25, -0.2) is 4.79 Å². The Morgan fingerprint density at radius 3 is 2.37 bits per heavy atom. The second-order valence-corrected chi connectivity index (χ2v) is 6.78. The van der Waals surface area contributed by atoms with Gasteiger partial charge in [0.15, 0.2) is 0 Å². The molecule has 2 aromatic carbocycles. The van der Waals surface area contributed by atoms with Gasteiger partial charge in [0.05, 0.1) is 17.8 Å². The molecule has 2 aromatic rings. The Morgan fingerprint density at radius 2 is 1.70 bits per heavy atom. The predicted molar refractivity (Wildman–Crippen MR) is 106 cm³/mol. The molecular formula is C20H22ClN3O3. The first-order valence-electron chi connectivity index (χ1n) is 8.74. The van der Waals surface area contributed by atoms with Crippen molar-refractivity contribution in [2.45, 2.75) is 6.92 Å². The third-order valence-electron chi connectivity index (χ3n) is 4.62. The summed E-state index contributed by atoms with van der Waals surface area (Å²) in [6.45, 7) is 3.81. The number of hydrogen-bond acceptors (Lipinski definition) is 3. The molecule has 0 saturated carbocycles. The molecule has 7 heteroatoms. The third-order valence-corrected chi connectivity index (χ3v) is 4.95. The normalized spacial score (nSPS) is 14.0. The SMILES string of the molecule is COc1cc(C(=O)N2CCN(C(=O)Nc3ccccc3Cl)CC2)ccc1C. The minimum Gasteiger partial charge on any atom is -0.496 e. The number of halogens is 1. The van der Waals surface area contributed by atoms with Gasteiger partial charge >= 0.3 is 6.03 Å². The number of ether oxygens (including phenoxy) is 1. The molecular weight excluding hydrogens is 366 g/mol. The molecule has 1 heterocycles. The van der Waals surface area contributed by atoms with Crippen molar-refractivity contribution in [2.24, 2.45) is 0 Å². The van der Waals surface area contributed by atoms with E-state index in [1.165, 1.54) is 0 Å². The zero-order valence-electron chi connectivity index (χ0n) is 15.4. The molecule has 27 heavy (non-hydrogen) atoms. The van der Waals surface area contributed by atoms with Crippen LogP contribution in [-0.4, -0.2) is 55.0 Å². The van der Waals surface area contributed by atoms with Crippen molar-refractivity contribution >= 4 is 29.2 Å². The maximum atomic E-state index is 12.7. The molecule has 0 radical (unpaired) electrons. The van der Waals surface area contributed by atoms with Crippen LogP contribution in [0.4, 0.5) is 10.5 Å². The van der Waals surface area contributed by atoms with E-state index in [0.29, 0.717) is 48.2 Å². The average Bonchev–Trinajstić information content (AvgIpc) is 2.69. The van der Waals surface area contributed by atoms with Crippen LogP contribution in [0.15, 0.2) is 42.5 Å². The summed E-state index contributed by atoms with van der Waals surface area (Å²) in [5, 5.41) is 3.31. The maximum absolute atomic E-state index is 12.7. The molecule has 0 bridgehead atoms. The molecule has 3 amide bonds. The first-order valence-corrected chi connectivity index (χ1v) is 9.12. The van der Waals surface area contributed by atoms with Gasteiger partial charge in [-0.05, 0) is 36.8 Å². The summed E-state index contributed by atoms with van der Waals surface area (Å²) in [4.78, 5) is 28.6. The van der Waals surface area contributed by atoms with Gasteiger partial charge in [0.2, 0.25) is 0 Å². The number of rotatable bonds is 3. The van der Waals surface area contributed by atoms with Crippen LogP contribution < -0.4 is 10.1 Å². The van der Waals surface area contributed by atoms with E-state index in [-0.39, 0.29) is 11.9 Å². The van der Waals surface area contributed by atoms with Crippen LogP contribution in [0.1, 0.15) is 15.9 Å². The van der Waals surface area contributed by atoms with Crippen LogP contribution >= 0.6 is 11.6 Å². The molecule has 1 saturated heterocycles. The molecule has 1 aliphatic heterocycles. The molecule has 0 atom stereocenters. The highest BCUT2D eigenvalue weighted by atomic mass is 35.5. The van der Waals surface area contributed by atoms with Crippen LogP contribution in [0.25, 0.3) is 0 Å². The topological polar surface area (TPSA) is 61.9 Å². The fourth-order valence-corrected chi connectivity index (χ4v) is 3.19. The second-order valence-electron chi connectivity index (χ2n) is 6.37. The highest BCUT2D eigenvalue weighted by molar-refractivity contribution is 6.33. The van der Waals surface area contributed by atoms with Crippen LogP contribution in [-0.2, 0) is 0 Å². The number of methoxy groups -OCH3 is 1. The summed E-state index contributed by atoms with van der Waals surface area (Å²) >= 11 is 6.08. The van der Waals surface area contributed by atoms with Crippen molar-refractivity contribution in [2.75, 3.05) is 38.6 Å². The number of anilines is 1. The highest BCUT2D eigenvalue weighted by Crippen LogP contribution is 2.22. The minimum atomic E-state index is -0.216. The average molecular weight is 388 g/mol. The van der Waals surface area contributed by atoms with Crippen molar-refractivity contribution in [1.82, 2.24) is 9.80 Å². The standard InChI is InChI=1S/C20H22ClN3O3/c1-14-7-8-15(13-18(14)27-2)19(25)23-9-11-24(12-10-23)20(26)22-17-6-4-3-5-16(17)21/h3-8,13H,9-12H2,1-2H3,(H,22,26). The van der Waals surface area contributed by atoms with E-state index < -0.39 is 0 Å². The number of aryl methyl sites for hydroxylation is 1. The van der Waals surface area contributed by atoms with Gasteiger partial charge in [-0.15, -0.1) is 0 Å². The Labute approximate surface area is 163 Å². The van der Waals surface area contributed by atoms with E-state index in [1.54, 1.807) is 41.2 Å². The minimum absolute atomic E-state index is 0.0561. The van der Waals surface area contributed by atoms with E-state index in [9.17, 15) is 9.59 Å².